The summed E-state index contributed by atoms with van der Waals surface area (Å²) in [7, 11) is 0. The molecule has 1 saturated carbocycles. The van der Waals surface area contributed by atoms with Crippen molar-refractivity contribution in [2.24, 2.45) is 11.7 Å². The molecule has 0 bridgehead atoms. The number of rotatable bonds is 4. The molecule has 3 nitrogen and oxygen atoms in total. The Balaban J connectivity index is 2.35. The van der Waals surface area contributed by atoms with Crippen molar-refractivity contribution in [3.05, 3.63) is 0 Å². The van der Waals surface area contributed by atoms with Gasteiger partial charge in [0.15, 0.2) is 0 Å². The van der Waals surface area contributed by atoms with Crippen LogP contribution in [0.5, 0.6) is 0 Å². The van der Waals surface area contributed by atoms with Crippen molar-refractivity contribution in [1.82, 2.24) is 5.32 Å². The third-order valence-electron chi connectivity index (χ3n) is 2.94. The zero-order valence-electron chi connectivity index (χ0n) is 9.31. The Morgan fingerprint density at radius 1 is 1.43 bits per heavy atom. The van der Waals surface area contributed by atoms with E-state index in [2.05, 4.69) is 19.2 Å². The fraction of sp³-hybridized carbons (Fsp3) is 0.909. The van der Waals surface area contributed by atoms with Crippen LogP contribution in [0, 0.1) is 5.92 Å². The molecular formula is C11H22N2O. The van der Waals surface area contributed by atoms with Crippen LogP contribution < -0.4 is 11.1 Å². The van der Waals surface area contributed by atoms with Gasteiger partial charge in [0.25, 0.3) is 0 Å². The lowest BCUT2D eigenvalue weighted by Gasteiger charge is -2.29. The van der Waals surface area contributed by atoms with E-state index in [1.54, 1.807) is 0 Å². The minimum Gasteiger partial charge on any atom is -0.350 e. The van der Waals surface area contributed by atoms with Crippen molar-refractivity contribution < 1.29 is 4.79 Å². The summed E-state index contributed by atoms with van der Waals surface area (Å²) in [5.41, 5.74) is 5.18. The Bertz CT molecular complexity index is 195. The summed E-state index contributed by atoms with van der Waals surface area (Å²) < 4.78 is 0. The summed E-state index contributed by atoms with van der Waals surface area (Å²) in [4.78, 5) is 11.2. The van der Waals surface area contributed by atoms with E-state index in [1.165, 1.54) is 25.7 Å². The first-order valence-corrected chi connectivity index (χ1v) is 5.54. The molecule has 0 aromatic rings. The van der Waals surface area contributed by atoms with E-state index in [1.807, 2.05) is 0 Å². The zero-order valence-corrected chi connectivity index (χ0v) is 9.31. The van der Waals surface area contributed by atoms with E-state index in [0.29, 0.717) is 0 Å². The Morgan fingerprint density at radius 3 is 2.50 bits per heavy atom. The topological polar surface area (TPSA) is 55.1 Å². The van der Waals surface area contributed by atoms with Crippen LogP contribution in [0.25, 0.3) is 0 Å². The first-order chi connectivity index (χ1) is 6.53. The van der Waals surface area contributed by atoms with Gasteiger partial charge in [-0.3, -0.25) is 4.79 Å². The molecule has 1 amide bonds. The van der Waals surface area contributed by atoms with Gasteiger partial charge in [0, 0.05) is 5.54 Å². The molecule has 1 rings (SSSR count). The van der Waals surface area contributed by atoms with E-state index in [9.17, 15) is 4.79 Å². The molecule has 0 heterocycles. The van der Waals surface area contributed by atoms with E-state index < -0.39 is 0 Å². The number of carbonyl (C=O) groups excluding carboxylic acids is 1. The molecule has 0 spiro atoms. The van der Waals surface area contributed by atoms with E-state index >= 15 is 0 Å². The van der Waals surface area contributed by atoms with E-state index in [0.717, 1.165) is 12.3 Å². The Morgan fingerprint density at radius 2 is 2.00 bits per heavy atom. The van der Waals surface area contributed by atoms with Crippen LogP contribution in [0.1, 0.15) is 46.0 Å². The van der Waals surface area contributed by atoms with Gasteiger partial charge in [0.2, 0.25) is 5.91 Å². The number of nitrogens with one attached hydrogen (secondary N) is 1. The second-order valence-corrected chi connectivity index (χ2v) is 4.99. The molecule has 0 saturated heterocycles. The van der Waals surface area contributed by atoms with Crippen LogP contribution in [0.3, 0.4) is 0 Å². The van der Waals surface area contributed by atoms with Crippen LogP contribution in [0.4, 0.5) is 0 Å². The number of hydrogen-bond acceptors (Lipinski definition) is 2. The molecule has 0 unspecified atom stereocenters. The van der Waals surface area contributed by atoms with Crippen molar-refractivity contribution in [3.63, 3.8) is 0 Å². The maximum Gasteiger partial charge on any atom is 0.234 e. The lowest BCUT2D eigenvalue weighted by atomic mass is 9.89. The predicted molar refractivity (Wildman–Crippen MR) is 57.9 cm³/mol. The van der Waals surface area contributed by atoms with Gasteiger partial charge < -0.3 is 11.1 Å². The molecule has 1 fully saturated rings. The van der Waals surface area contributed by atoms with Gasteiger partial charge in [-0.15, -0.1) is 0 Å². The van der Waals surface area contributed by atoms with Gasteiger partial charge in [0.05, 0.1) is 6.54 Å². The summed E-state index contributed by atoms with van der Waals surface area (Å²) in [6, 6.07) is 0. The van der Waals surface area contributed by atoms with Gasteiger partial charge in [-0.1, -0.05) is 25.7 Å². The average molecular weight is 198 g/mol. The van der Waals surface area contributed by atoms with Crippen molar-refractivity contribution in [3.8, 4) is 0 Å². The van der Waals surface area contributed by atoms with Gasteiger partial charge in [0.1, 0.15) is 0 Å². The van der Waals surface area contributed by atoms with Crippen LogP contribution in [0.2, 0.25) is 0 Å². The molecular weight excluding hydrogens is 176 g/mol. The number of hydrogen-bond donors (Lipinski definition) is 2. The van der Waals surface area contributed by atoms with Gasteiger partial charge in [-0.05, 0) is 26.2 Å². The zero-order chi connectivity index (χ0) is 10.6. The Hall–Kier alpha value is -0.570. The molecule has 0 atom stereocenters. The highest BCUT2D eigenvalue weighted by Crippen LogP contribution is 2.31. The summed E-state index contributed by atoms with van der Waals surface area (Å²) in [6.45, 7) is 4.26. The molecule has 0 aromatic heterocycles. The van der Waals surface area contributed by atoms with Crippen LogP contribution in [-0.2, 0) is 4.79 Å². The molecule has 1 aliphatic carbocycles. The first kappa shape index (κ1) is 11.5. The third kappa shape index (κ3) is 3.66. The third-order valence-corrected chi connectivity index (χ3v) is 2.94. The molecule has 3 heteroatoms. The van der Waals surface area contributed by atoms with Gasteiger partial charge in [-0.2, -0.15) is 0 Å². The quantitative estimate of drug-likeness (QED) is 0.718. The minimum atomic E-state index is -0.0918. The highest BCUT2D eigenvalue weighted by molar-refractivity contribution is 5.78. The second kappa shape index (κ2) is 4.78. The molecule has 1 aliphatic rings. The largest absolute Gasteiger partial charge is 0.350 e. The summed E-state index contributed by atoms with van der Waals surface area (Å²) in [5.74, 6) is 0.746. The molecule has 14 heavy (non-hydrogen) atoms. The maximum absolute atomic E-state index is 11.2. The molecule has 82 valence electrons. The van der Waals surface area contributed by atoms with E-state index in [4.69, 9.17) is 5.73 Å². The molecule has 0 aliphatic heterocycles. The monoisotopic (exact) mass is 198 g/mol. The van der Waals surface area contributed by atoms with E-state index in [-0.39, 0.29) is 18.0 Å². The summed E-state index contributed by atoms with van der Waals surface area (Å²) in [5, 5.41) is 2.97. The lowest BCUT2D eigenvalue weighted by molar-refractivity contribution is -0.121. The SMILES string of the molecule is CC(C)(CC1CCCC1)NC(=O)CN. The molecule has 3 N–H and O–H groups in total. The molecule has 0 radical (unpaired) electrons. The van der Waals surface area contributed by atoms with Gasteiger partial charge in [-0.25, -0.2) is 0 Å². The van der Waals surface area contributed by atoms with Crippen molar-refractivity contribution in [2.75, 3.05) is 6.54 Å². The highest BCUT2D eigenvalue weighted by atomic mass is 16.1. The van der Waals surface area contributed by atoms with Crippen molar-refractivity contribution in [1.29, 1.82) is 0 Å². The lowest BCUT2D eigenvalue weighted by Crippen LogP contribution is -2.46. The summed E-state index contributed by atoms with van der Waals surface area (Å²) >= 11 is 0. The smallest absolute Gasteiger partial charge is 0.234 e. The maximum atomic E-state index is 11.2. The van der Waals surface area contributed by atoms with Crippen molar-refractivity contribution >= 4 is 5.91 Å². The Labute approximate surface area is 86.4 Å². The second-order valence-electron chi connectivity index (χ2n) is 4.99. The number of nitrogens with two attached hydrogens (primary N) is 1. The number of carbonyl (C=O) groups is 1. The minimum absolute atomic E-state index is 0.0482. The Kier molecular flexibility index (Phi) is 3.93. The fourth-order valence-electron chi connectivity index (χ4n) is 2.42. The van der Waals surface area contributed by atoms with Crippen LogP contribution in [-0.4, -0.2) is 18.0 Å². The van der Waals surface area contributed by atoms with Crippen LogP contribution >= 0.6 is 0 Å². The first-order valence-electron chi connectivity index (χ1n) is 5.54. The van der Waals surface area contributed by atoms with Crippen molar-refractivity contribution in [2.45, 2.75) is 51.5 Å². The standard InChI is InChI=1S/C11H22N2O/c1-11(2,13-10(14)8-12)7-9-5-3-4-6-9/h9H,3-8,12H2,1-2H3,(H,13,14). The predicted octanol–water partition coefficient (Wildman–Crippen LogP) is 1.42. The fourth-order valence-corrected chi connectivity index (χ4v) is 2.42. The summed E-state index contributed by atoms with van der Waals surface area (Å²) in [6.07, 6.45) is 6.43. The molecule has 0 aromatic carbocycles. The number of amides is 1. The average Bonchev–Trinajstić information content (AvgIpc) is 2.54. The highest BCUT2D eigenvalue weighted by Gasteiger charge is 2.26. The van der Waals surface area contributed by atoms with Crippen LogP contribution in [0.15, 0.2) is 0 Å². The normalized spacial score (nSPS) is 18.5. The van der Waals surface area contributed by atoms with Gasteiger partial charge >= 0.3 is 0 Å².